The van der Waals surface area contributed by atoms with Crippen LogP contribution >= 0.6 is 0 Å². The first kappa shape index (κ1) is 11.2. The Hall–Kier alpha value is -1.94. The van der Waals surface area contributed by atoms with E-state index in [9.17, 15) is 9.90 Å². The number of amides is 1. The lowest BCUT2D eigenvalue weighted by atomic mass is 9.89. The van der Waals surface area contributed by atoms with Gasteiger partial charge in [0, 0.05) is 17.6 Å². The van der Waals surface area contributed by atoms with Gasteiger partial charge in [-0.15, -0.1) is 0 Å². The van der Waals surface area contributed by atoms with E-state index in [2.05, 4.69) is 10.3 Å². The van der Waals surface area contributed by atoms with Crippen LogP contribution < -0.4 is 5.32 Å². The fraction of sp³-hybridized carbons (Fsp3) is 0.286. The summed E-state index contributed by atoms with van der Waals surface area (Å²) in [4.78, 5) is 16.4. The van der Waals surface area contributed by atoms with E-state index in [1.165, 1.54) is 0 Å². The van der Waals surface area contributed by atoms with Gasteiger partial charge in [0.25, 0.3) is 5.91 Å². The van der Waals surface area contributed by atoms with Crippen LogP contribution in [-0.2, 0) is 0 Å². The molecule has 4 nitrogen and oxygen atoms in total. The van der Waals surface area contributed by atoms with E-state index < -0.39 is 0 Å². The van der Waals surface area contributed by atoms with Crippen LogP contribution in [0.5, 0.6) is 0 Å². The molecule has 1 amide bonds. The van der Waals surface area contributed by atoms with Crippen molar-refractivity contribution in [2.75, 3.05) is 0 Å². The highest BCUT2D eigenvalue weighted by molar-refractivity contribution is 6.05. The van der Waals surface area contributed by atoms with Gasteiger partial charge in [-0.2, -0.15) is 0 Å². The summed E-state index contributed by atoms with van der Waals surface area (Å²) >= 11 is 0. The molecule has 2 N–H and O–H groups in total. The highest BCUT2D eigenvalue weighted by atomic mass is 16.3. The molecule has 0 saturated heterocycles. The van der Waals surface area contributed by atoms with E-state index in [0.717, 1.165) is 10.9 Å². The summed E-state index contributed by atoms with van der Waals surface area (Å²) in [7, 11) is 0. The lowest BCUT2D eigenvalue weighted by Crippen LogP contribution is -2.46. The predicted octanol–water partition coefficient (Wildman–Crippen LogP) is 1.49. The Kier molecular flexibility index (Phi) is 2.72. The average Bonchev–Trinajstić information content (AvgIpc) is 2.36. The quantitative estimate of drug-likeness (QED) is 0.838. The van der Waals surface area contributed by atoms with Crippen LogP contribution in [0.3, 0.4) is 0 Å². The molecule has 1 aliphatic rings. The first-order chi connectivity index (χ1) is 8.74. The summed E-state index contributed by atoms with van der Waals surface area (Å²) < 4.78 is 0. The lowest BCUT2D eigenvalue weighted by molar-refractivity contribution is 0.0563. The number of pyridine rings is 1. The maximum Gasteiger partial charge on any atom is 0.253 e. The minimum absolute atomic E-state index is 0.0893. The molecule has 2 aromatic rings. The summed E-state index contributed by atoms with van der Waals surface area (Å²) in [5, 5.41) is 13.1. The van der Waals surface area contributed by atoms with Gasteiger partial charge >= 0.3 is 0 Å². The third kappa shape index (κ3) is 1.95. The van der Waals surface area contributed by atoms with E-state index in [4.69, 9.17) is 0 Å². The number of aliphatic hydroxyl groups excluding tert-OH is 1. The Morgan fingerprint density at radius 2 is 2.06 bits per heavy atom. The molecule has 1 aromatic carbocycles. The Morgan fingerprint density at radius 1 is 1.28 bits per heavy atom. The van der Waals surface area contributed by atoms with Gasteiger partial charge < -0.3 is 10.4 Å². The Morgan fingerprint density at radius 3 is 2.83 bits per heavy atom. The smallest absolute Gasteiger partial charge is 0.253 e. The van der Waals surface area contributed by atoms with Gasteiger partial charge in [-0.25, -0.2) is 0 Å². The second kappa shape index (κ2) is 4.38. The summed E-state index contributed by atoms with van der Waals surface area (Å²) in [5.74, 6) is -0.115. The van der Waals surface area contributed by atoms with Crippen LogP contribution in [-0.4, -0.2) is 28.1 Å². The molecule has 18 heavy (non-hydrogen) atoms. The summed E-state index contributed by atoms with van der Waals surface area (Å²) in [6.45, 7) is 0. The minimum Gasteiger partial charge on any atom is -0.393 e. The number of nitrogens with zero attached hydrogens (tertiary/aromatic N) is 1. The van der Waals surface area contributed by atoms with Gasteiger partial charge in [-0.3, -0.25) is 9.78 Å². The van der Waals surface area contributed by atoms with Crippen molar-refractivity contribution in [2.24, 2.45) is 0 Å². The number of rotatable bonds is 2. The fourth-order valence-electron chi connectivity index (χ4n) is 2.26. The minimum atomic E-state index is -0.263. The molecule has 0 bridgehead atoms. The van der Waals surface area contributed by atoms with Crippen LogP contribution in [0.1, 0.15) is 23.2 Å². The van der Waals surface area contributed by atoms with Gasteiger partial charge in [0.15, 0.2) is 0 Å². The average molecular weight is 242 g/mol. The fourth-order valence-corrected chi connectivity index (χ4v) is 2.26. The van der Waals surface area contributed by atoms with Crippen molar-refractivity contribution in [1.82, 2.24) is 10.3 Å². The second-order valence-electron chi connectivity index (χ2n) is 4.68. The molecule has 1 heterocycles. The zero-order chi connectivity index (χ0) is 12.5. The van der Waals surface area contributed by atoms with Crippen molar-refractivity contribution in [1.29, 1.82) is 0 Å². The number of aliphatic hydroxyl groups is 1. The molecule has 4 heteroatoms. The SMILES string of the molecule is O=C(NC1CC(O)C1)c1cccc2cccnc12. The maximum atomic E-state index is 12.1. The Labute approximate surface area is 105 Å². The molecule has 1 aliphatic carbocycles. The number of para-hydroxylation sites is 1. The number of carbonyl (C=O) groups excluding carboxylic acids is 1. The summed E-state index contributed by atoms with van der Waals surface area (Å²) in [5.41, 5.74) is 1.31. The van der Waals surface area contributed by atoms with E-state index in [1.54, 1.807) is 12.3 Å². The van der Waals surface area contributed by atoms with E-state index in [-0.39, 0.29) is 18.1 Å². The number of hydrogen-bond donors (Lipinski definition) is 2. The normalized spacial score (nSPS) is 22.5. The first-order valence-corrected chi connectivity index (χ1v) is 6.07. The van der Waals surface area contributed by atoms with Gasteiger partial charge in [0.05, 0.1) is 17.2 Å². The largest absolute Gasteiger partial charge is 0.393 e. The van der Waals surface area contributed by atoms with Gasteiger partial charge in [-0.1, -0.05) is 18.2 Å². The van der Waals surface area contributed by atoms with Gasteiger partial charge in [0.2, 0.25) is 0 Å². The Balaban J connectivity index is 1.87. The number of fused-ring (bicyclic) bond motifs is 1. The molecule has 0 aliphatic heterocycles. The molecular weight excluding hydrogens is 228 g/mol. The first-order valence-electron chi connectivity index (χ1n) is 6.07. The highest BCUT2D eigenvalue weighted by Gasteiger charge is 2.28. The monoisotopic (exact) mass is 242 g/mol. The molecule has 1 aromatic heterocycles. The zero-order valence-electron chi connectivity index (χ0n) is 9.84. The van der Waals surface area contributed by atoms with Gasteiger partial charge in [0.1, 0.15) is 0 Å². The number of aromatic nitrogens is 1. The summed E-state index contributed by atoms with van der Waals surface area (Å²) in [6.07, 6.45) is 2.71. The predicted molar refractivity (Wildman–Crippen MR) is 68.2 cm³/mol. The van der Waals surface area contributed by atoms with Crippen molar-refractivity contribution < 1.29 is 9.90 Å². The maximum absolute atomic E-state index is 12.1. The zero-order valence-corrected chi connectivity index (χ0v) is 9.84. The van der Waals surface area contributed by atoms with E-state index >= 15 is 0 Å². The van der Waals surface area contributed by atoms with Crippen molar-refractivity contribution in [3.8, 4) is 0 Å². The third-order valence-corrected chi connectivity index (χ3v) is 3.33. The molecule has 0 unspecified atom stereocenters. The number of nitrogens with one attached hydrogen (secondary N) is 1. The van der Waals surface area contributed by atoms with Crippen molar-refractivity contribution in [3.05, 3.63) is 42.1 Å². The van der Waals surface area contributed by atoms with Crippen molar-refractivity contribution in [3.63, 3.8) is 0 Å². The van der Waals surface area contributed by atoms with Crippen molar-refractivity contribution >= 4 is 16.8 Å². The molecule has 1 saturated carbocycles. The molecule has 1 fully saturated rings. The molecule has 0 radical (unpaired) electrons. The van der Waals surface area contributed by atoms with E-state index in [0.29, 0.717) is 18.4 Å². The highest BCUT2D eigenvalue weighted by Crippen LogP contribution is 2.21. The topological polar surface area (TPSA) is 62.2 Å². The van der Waals surface area contributed by atoms with Crippen LogP contribution in [0.25, 0.3) is 10.9 Å². The van der Waals surface area contributed by atoms with Crippen LogP contribution in [0, 0.1) is 0 Å². The molecular formula is C14H14N2O2. The van der Waals surface area contributed by atoms with Crippen LogP contribution in [0.15, 0.2) is 36.5 Å². The molecule has 3 rings (SSSR count). The third-order valence-electron chi connectivity index (χ3n) is 3.33. The second-order valence-corrected chi connectivity index (χ2v) is 4.68. The molecule has 0 atom stereocenters. The van der Waals surface area contributed by atoms with Crippen LogP contribution in [0.2, 0.25) is 0 Å². The van der Waals surface area contributed by atoms with Crippen molar-refractivity contribution in [2.45, 2.75) is 25.0 Å². The van der Waals surface area contributed by atoms with Gasteiger partial charge in [-0.05, 0) is 25.0 Å². The summed E-state index contributed by atoms with van der Waals surface area (Å²) in [6, 6.07) is 9.45. The standard InChI is InChI=1S/C14H14N2O2/c17-11-7-10(8-11)16-14(18)12-5-1-3-9-4-2-6-15-13(9)12/h1-6,10-11,17H,7-8H2,(H,16,18). The molecule has 0 spiro atoms. The number of benzene rings is 1. The van der Waals surface area contributed by atoms with E-state index in [1.807, 2.05) is 24.3 Å². The Bertz CT molecular complexity index is 586. The number of carbonyl (C=O) groups is 1. The lowest BCUT2D eigenvalue weighted by Gasteiger charge is -2.31. The number of hydrogen-bond acceptors (Lipinski definition) is 3. The van der Waals surface area contributed by atoms with Crippen LogP contribution in [0.4, 0.5) is 0 Å². The molecule has 92 valence electrons.